The molecule has 0 fully saturated rings. The van der Waals surface area contributed by atoms with Crippen molar-refractivity contribution in [1.82, 2.24) is 19.7 Å². The molecule has 0 spiro atoms. The minimum absolute atomic E-state index is 0.0926. The first-order valence-corrected chi connectivity index (χ1v) is 6.56. The third kappa shape index (κ3) is 2.18. The molecule has 0 N–H and O–H groups in total. The van der Waals surface area contributed by atoms with Crippen LogP contribution in [-0.4, -0.2) is 24.6 Å². The molecule has 0 aliphatic carbocycles. The van der Waals surface area contributed by atoms with Gasteiger partial charge in [-0.2, -0.15) is 4.98 Å². The van der Waals surface area contributed by atoms with Gasteiger partial charge in [0.2, 0.25) is 5.82 Å². The highest BCUT2D eigenvalue weighted by Gasteiger charge is 2.20. The fourth-order valence-electron chi connectivity index (χ4n) is 1.76. The fraction of sp³-hybridized carbons (Fsp3) is 0.182. The molecule has 102 valence electrons. The van der Waals surface area contributed by atoms with Crippen LogP contribution in [0.3, 0.4) is 0 Å². The first kappa shape index (κ1) is 12.5. The van der Waals surface area contributed by atoms with Crippen molar-refractivity contribution in [3.8, 4) is 10.8 Å². The summed E-state index contributed by atoms with van der Waals surface area (Å²) in [6.45, 7) is 1.84. The Morgan fingerprint density at radius 3 is 3.10 bits per heavy atom. The van der Waals surface area contributed by atoms with Crippen LogP contribution in [0, 0.1) is 17.0 Å². The van der Waals surface area contributed by atoms with Crippen molar-refractivity contribution in [3.05, 3.63) is 45.5 Å². The normalized spacial score (nSPS) is 10.8. The number of imidazole rings is 1. The number of hydrogen-bond acceptors (Lipinski definition) is 7. The van der Waals surface area contributed by atoms with Gasteiger partial charge in [0.15, 0.2) is 12.4 Å². The van der Waals surface area contributed by atoms with E-state index >= 15 is 0 Å². The van der Waals surface area contributed by atoms with Gasteiger partial charge in [-0.3, -0.25) is 0 Å². The highest BCUT2D eigenvalue weighted by molar-refractivity contribution is 7.13. The van der Waals surface area contributed by atoms with E-state index in [1.54, 1.807) is 6.92 Å². The Morgan fingerprint density at radius 2 is 2.40 bits per heavy atom. The average molecular weight is 291 g/mol. The lowest BCUT2D eigenvalue weighted by Gasteiger charge is -1.98. The molecule has 8 nitrogen and oxygen atoms in total. The highest BCUT2D eigenvalue weighted by atomic mass is 32.1. The predicted molar refractivity (Wildman–Crippen MR) is 70.3 cm³/mol. The van der Waals surface area contributed by atoms with Gasteiger partial charge in [0.1, 0.15) is 6.20 Å². The van der Waals surface area contributed by atoms with Crippen LogP contribution in [-0.2, 0) is 6.54 Å². The summed E-state index contributed by atoms with van der Waals surface area (Å²) in [5.41, 5.74) is 0. The molecule has 0 aliphatic heterocycles. The molecule has 0 amide bonds. The second kappa shape index (κ2) is 4.85. The maximum atomic E-state index is 10.9. The summed E-state index contributed by atoms with van der Waals surface area (Å²) in [4.78, 5) is 19.4. The van der Waals surface area contributed by atoms with Gasteiger partial charge in [-0.1, -0.05) is 11.2 Å². The van der Waals surface area contributed by atoms with Crippen molar-refractivity contribution in [3.63, 3.8) is 0 Å². The zero-order chi connectivity index (χ0) is 14.1. The quantitative estimate of drug-likeness (QED) is 0.540. The molecule has 9 heteroatoms. The van der Waals surface area contributed by atoms with Crippen LogP contribution >= 0.6 is 11.3 Å². The summed E-state index contributed by atoms with van der Waals surface area (Å²) in [5, 5.41) is 16.6. The van der Waals surface area contributed by atoms with Gasteiger partial charge >= 0.3 is 5.82 Å². The molecule has 0 unspecified atom stereocenters. The third-order valence-electron chi connectivity index (χ3n) is 2.72. The summed E-state index contributed by atoms with van der Waals surface area (Å²) in [5.74, 6) is 1.22. The van der Waals surface area contributed by atoms with E-state index < -0.39 is 4.92 Å². The van der Waals surface area contributed by atoms with Crippen molar-refractivity contribution in [1.29, 1.82) is 0 Å². The monoisotopic (exact) mass is 291 g/mol. The zero-order valence-electron chi connectivity index (χ0n) is 10.4. The van der Waals surface area contributed by atoms with Gasteiger partial charge in [0.05, 0.1) is 4.88 Å². The molecule has 3 heterocycles. The zero-order valence-corrected chi connectivity index (χ0v) is 11.2. The van der Waals surface area contributed by atoms with Crippen LogP contribution in [0.15, 0.2) is 28.2 Å². The summed E-state index contributed by atoms with van der Waals surface area (Å²) >= 11 is 1.48. The van der Waals surface area contributed by atoms with Crippen molar-refractivity contribution in [2.45, 2.75) is 13.5 Å². The summed E-state index contributed by atoms with van der Waals surface area (Å²) in [6.07, 6.45) is 1.22. The van der Waals surface area contributed by atoms with Crippen LogP contribution in [0.2, 0.25) is 0 Å². The number of thiophene rings is 1. The number of hydrogen-bond donors (Lipinski definition) is 0. The van der Waals surface area contributed by atoms with Gasteiger partial charge < -0.3 is 14.6 Å². The highest BCUT2D eigenvalue weighted by Crippen LogP contribution is 2.23. The molecule has 0 radical (unpaired) electrons. The average Bonchev–Trinajstić information content (AvgIpc) is 3.12. The first-order chi connectivity index (χ1) is 9.65. The molecule has 0 aromatic carbocycles. The van der Waals surface area contributed by atoms with Gasteiger partial charge in [-0.15, -0.1) is 11.3 Å². The summed E-state index contributed by atoms with van der Waals surface area (Å²) < 4.78 is 6.58. The SMILES string of the molecule is Cc1ncc([N+](=O)[O-])n1Cc1noc(-c2cccs2)n1. The molecule has 20 heavy (non-hydrogen) atoms. The van der Waals surface area contributed by atoms with Gasteiger partial charge in [-0.25, -0.2) is 9.55 Å². The van der Waals surface area contributed by atoms with E-state index in [2.05, 4.69) is 15.1 Å². The third-order valence-corrected chi connectivity index (χ3v) is 3.58. The summed E-state index contributed by atoms with van der Waals surface area (Å²) in [7, 11) is 0. The predicted octanol–water partition coefficient (Wildman–Crippen LogP) is 2.26. The molecule has 0 aliphatic rings. The van der Waals surface area contributed by atoms with E-state index in [-0.39, 0.29) is 12.4 Å². The van der Waals surface area contributed by atoms with Crippen LogP contribution < -0.4 is 0 Å². The molecule has 0 bridgehead atoms. The van der Waals surface area contributed by atoms with Crippen molar-refractivity contribution >= 4 is 17.2 Å². The van der Waals surface area contributed by atoms with E-state index in [4.69, 9.17) is 4.52 Å². The number of rotatable bonds is 4. The molecular weight excluding hydrogens is 282 g/mol. The lowest BCUT2D eigenvalue weighted by atomic mass is 10.4. The largest absolute Gasteiger partial charge is 0.358 e. The maximum Gasteiger partial charge on any atom is 0.343 e. The smallest absolute Gasteiger partial charge is 0.343 e. The Bertz CT molecular complexity index is 746. The van der Waals surface area contributed by atoms with E-state index in [9.17, 15) is 10.1 Å². The summed E-state index contributed by atoms with van der Waals surface area (Å²) in [6, 6.07) is 3.75. The Kier molecular flexibility index (Phi) is 3.03. The van der Waals surface area contributed by atoms with Crippen LogP contribution in [0.25, 0.3) is 10.8 Å². The van der Waals surface area contributed by atoms with Crippen molar-refractivity contribution in [2.24, 2.45) is 0 Å². The molecular formula is C11H9N5O3S. The van der Waals surface area contributed by atoms with E-state index in [1.807, 2.05) is 17.5 Å². The van der Waals surface area contributed by atoms with Crippen LogP contribution in [0.4, 0.5) is 5.82 Å². The Balaban J connectivity index is 1.89. The maximum absolute atomic E-state index is 10.9. The van der Waals surface area contributed by atoms with E-state index in [0.717, 1.165) is 4.88 Å². The number of aryl methyl sites for hydroxylation is 1. The lowest BCUT2D eigenvalue weighted by molar-refractivity contribution is -0.392. The van der Waals surface area contributed by atoms with Crippen molar-refractivity contribution in [2.75, 3.05) is 0 Å². The lowest BCUT2D eigenvalue weighted by Crippen LogP contribution is -2.07. The van der Waals surface area contributed by atoms with Crippen LogP contribution in [0.1, 0.15) is 11.6 Å². The Labute approximate surface area is 116 Å². The molecule has 3 aromatic heterocycles. The van der Waals surface area contributed by atoms with Crippen molar-refractivity contribution < 1.29 is 9.45 Å². The second-order valence-electron chi connectivity index (χ2n) is 4.00. The molecule has 0 atom stereocenters. The second-order valence-corrected chi connectivity index (χ2v) is 4.95. The van der Waals surface area contributed by atoms with E-state index in [0.29, 0.717) is 17.5 Å². The fourth-order valence-corrected chi connectivity index (χ4v) is 2.40. The molecule has 3 aromatic rings. The topological polar surface area (TPSA) is 99.9 Å². The van der Waals surface area contributed by atoms with Gasteiger partial charge in [0, 0.05) is 6.92 Å². The van der Waals surface area contributed by atoms with Gasteiger partial charge in [-0.05, 0) is 16.4 Å². The van der Waals surface area contributed by atoms with Crippen LogP contribution in [0.5, 0.6) is 0 Å². The Hall–Kier alpha value is -2.55. The number of nitro groups is 1. The Morgan fingerprint density at radius 1 is 1.55 bits per heavy atom. The molecule has 0 saturated heterocycles. The molecule has 0 saturated carbocycles. The minimum atomic E-state index is -0.486. The van der Waals surface area contributed by atoms with Gasteiger partial charge in [0.25, 0.3) is 5.89 Å². The first-order valence-electron chi connectivity index (χ1n) is 5.68. The van der Waals surface area contributed by atoms with E-state index in [1.165, 1.54) is 22.1 Å². The number of nitrogens with zero attached hydrogens (tertiary/aromatic N) is 5. The molecule has 3 rings (SSSR count). The minimum Gasteiger partial charge on any atom is -0.358 e. The number of aromatic nitrogens is 4. The standard InChI is InChI=1S/C11H9N5O3S/c1-7-12-5-10(16(17)18)15(7)6-9-13-11(19-14-9)8-3-2-4-20-8/h2-5H,6H2,1H3.